The Labute approximate surface area is 102 Å². The number of hydrogen-bond acceptors (Lipinski definition) is 5. The molecule has 96 valence electrons. The number of aryl methyl sites for hydroxylation is 1. The molecule has 1 aromatic heterocycles. The summed E-state index contributed by atoms with van der Waals surface area (Å²) in [5.74, 6) is 0.654. The number of aliphatic hydroxyl groups excluding tert-OH is 1. The molecule has 1 heterocycles. The number of rotatable bonds is 6. The van der Waals surface area contributed by atoms with E-state index in [2.05, 4.69) is 28.7 Å². The second-order valence-electron chi connectivity index (χ2n) is 4.05. The lowest BCUT2D eigenvalue weighted by atomic mass is 10.3. The van der Waals surface area contributed by atoms with Gasteiger partial charge in [0.1, 0.15) is 0 Å². The summed E-state index contributed by atoms with van der Waals surface area (Å²) in [7, 11) is 1.68. The van der Waals surface area contributed by atoms with Crippen LogP contribution in [0.3, 0.4) is 0 Å². The zero-order valence-corrected chi connectivity index (χ0v) is 11.0. The van der Waals surface area contributed by atoms with Gasteiger partial charge in [-0.05, 0) is 26.8 Å². The zero-order valence-electron chi connectivity index (χ0n) is 11.0. The molecule has 0 aliphatic carbocycles. The Hall–Kier alpha value is -1.20. The van der Waals surface area contributed by atoms with Crippen LogP contribution >= 0.6 is 0 Å². The van der Waals surface area contributed by atoms with Crippen molar-refractivity contribution in [3.8, 4) is 0 Å². The number of hydrogen-bond donors (Lipinski definition) is 1. The normalized spacial score (nSPS) is 12.5. The standard InChI is InChI=1S/C12H21N3O2/c1-5-15(10(3)8-17-4)12-13-9(2)6-11(7-16)14-12/h6,10,16H,5,7-8H2,1-4H3. The molecule has 1 N–H and O–H groups in total. The molecule has 1 rings (SSSR count). The number of methoxy groups -OCH3 is 1. The summed E-state index contributed by atoms with van der Waals surface area (Å²) in [6.45, 7) is 7.39. The molecule has 5 heteroatoms. The van der Waals surface area contributed by atoms with Crippen LogP contribution in [0.5, 0.6) is 0 Å². The van der Waals surface area contributed by atoms with Gasteiger partial charge in [-0.1, -0.05) is 0 Å². The first-order valence-corrected chi connectivity index (χ1v) is 5.83. The molecule has 0 saturated carbocycles. The van der Waals surface area contributed by atoms with Gasteiger partial charge in [-0.25, -0.2) is 9.97 Å². The highest BCUT2D eigenvalue weighted by molar-refractivity contribution is 5.33. The minimum atomic E-state index is -0.0629. The zero-order chi connectivity index (χ0) is 12.8. The van der Waals surface area contributed by atoms with Gasteiger partial charge in [0.25, 0.3) is 0 Å². The molecule has 5 nitrogen and oxygen atoms in total. The summed E-state index contributed by atoms with van der Waals surface area (Å²) in [6, 6.07) is 2.00. The number of aliphatic hydroxyl groups is 1. The highest BCUT2D eigenvalue weighted by atomic mass is 16.5. The average molecular weight is 239 g/mol. The molecular weight excluding hydrogens is 218 g/mol. The molecule has 0 radical (unpaired) electrons. The quantitative estimate of drug-likeness (QED) is 0.806. The molecule has 1 atom stereocenters. The van der Waals surface area contributed by atoms with Crippen molar-refractivity contribution in [1.29, 1.82) is 0 Å². The van der Waals surface area contributed by atoms with Gasteiger partial charge in [0.15, 0.2) is 0 Å². The number of anilines is 1. The lowest BCUT2D eigenvalue weighted by Gasteiger charge is -2.27. The molecule has 0 aliphatic rings. The topological polar surface area (TPSA) is 58.5 Å². The van der Waals surface area contributed by atoms with Crippen molar-refractivity contribution < 1.29 is 9.84 Å². The molecular formula is C12H21N3O2. The first kappa shape index (κ1) is 13.9. The maximum absolute atomic E-state index is 9.15. The van der Waals surface area contributed by atoms with Crippen molar-refractivity contribution in [2.75, 3.05) is 25.2 Å². The maximum atomic E-state index is 9.15. The van der Waals surface area contributed by atoms with E-state index in [-0.39, 0.29) is 12.6 Å². The smallest absolute Gasteiger partial charge is 0.226 e. The molecule has 0 aromatic carbocycles. The van der Waals surface area contributed by atoms with E-state index < -0.39 is 0 Å². The van der Waals surface area contributed by atoms with Gasteiger partial charge in [-0.2, -0.15) is 0 Å². The number of likely N-dealkylation sites (N-methyl/N-ethyl adjacent to an activating group) is 1. The van der Waals surface area contributed by atoms with Crippen molar-refractivity contribution in [2.45, 2.75) is 33.4 Å². The Morgan fingerprint density at radius 3 is 2.71 bits per heavy atom. The lowest BCUT2D eigenvalue weighted by molar-refractivity contribution is 0.181. The molecule has 0 spiro atoms. The Morgan fingerprint density at radius 2 is 2.18 bits per heavy atom. The van der Waals surface area contributed by atoms with Gasteiger partial charge in [0.2, 0.25) is 5.95 Å². The summed E-state index contributed by atoms with van der Waals surface area (Å²) in [5.41, 5.74) is 1.51. The minimum Gasteiger partial charge on any atom is -0.390 e. The third-order valence-electron chi connectivity index (χ3n) is 2.59. The van der Waals surface area contributed by atoms with E-state index in [1.54, 1.807) is 13.2 Å². The van der Waals surface area contributed by atoms with Crippen LogP contribution in [0.4, 0.5) is 5.95 Å². The Balaban J connectivity index is 2.98. The SMILES string of the molecule is CCN(c1nc(C)cc(CO)n1)C(C)COC. The van der Waals surface area contributed by atoms with Crippen LogP contribution in [0.1, 0.15) is 25.2 Å². The van der Waals surface area contributed by atoms with Gasteiger partial charge in [0, 0.05) is 19.3 Å². The predicted octanol–water partition coefficient (Wildman–Crippen LogP) is 1.14. The minimum absolute atomic E-state index is 0.0629. The fourth-order valence-corrected chi connectivity index (χ4v) is 1.81. The average Bonchev–Trinajstić information content (AvgIpc) is 2.29. The Bertz CT molecular complexity index is 358. The molecule has 0 saturated heterocycles. The van der Waals surface area contributed by atoms with Gasteiger partial charge in [-0.15, -0.1) is 0 Å². The highest BCUT2D eigenvalue weighted by Gasteiger charge is 2.16. The van der Waals surface area contributed by atoms with Crippen LogP contribution in [-0.2, 0) is 11.3 Å². The second kappa shape index (κ2) is 6.51. The molecule has 0 aliphatic heterocycles. The number of nitrogens with zero attached hydrogens (tertiary/aromatic N) is 3. The largest absolute Gasteiger partial charge is 0.390 e. The fraction of sp³-hybridized carbons (Fsp3) is 0.667. The van der Waals surface area contributed by atoms with E-state index in [0.717, 1.165) is 12.2 Å². The second-order valence-corrected chi connectivity index (χ2v) is 4.05. The van der Waals surface area contributed by atoms with Crippen molar-refractivity contribution >= 4 is 5.95 Å². The van der Waals surface area contributed by atoms with Crippen LogP contribution in [0.2, 0.25) is 0 Å². The monoisotopic (exact) mass is 239 g/mol. The molecule has 17 heavy (non-hydrogen) atoms. The van der Waals surface area contributed by atoms with E-state index >= 15 is 0 Å². The molecule has 1 aromatic rings. The van der Waals surface area contributed by atoms with E-state index in [9.17, 15) is 0 Å². The van der Waals surface area contributed by atoms with Crippen LogP contribution in [0.15, 0.2) is 6.07 Å². The van der Waals surface area contributed by atoms with Gasteiger partial charge in [-0.3, -0.25) is 0 Å². The van der Waals surface area contributed by atoms with Crippen molar-refractivity contribution in [1.82, 2.24) is 9.97 Å². The summed E-state index contributed by atoms with van der Waals surface area (Å²) in [4.78, 5) is 10.8. The molecule has 0 amide bonds. The first-order chi connectivity index (χ1) is 8.12. The number of ether oxygens (including phenoxy) is 1. The third kappa shape index (κ3) is 3.64. The van der Waals surface area contributed by atoms with E-state index in [4.69, 9.17) is 9.84 Å². The first-order valence-electron chi connectivity index (χ1n) is 5.83. The van der Waals surface area contributed by atoms with Gasteiger partial charge >= 0.3 is 0 Å². The predicted molar refractivity (Wildman–Crippen MR) is 67.0 cm³/mol. The number of aromatic nitrogens is 2. The molecule has 0 fully saturated rings. The van der Waals surface area contributed by atoms with E-state index in [0.29, 0.717) is 18.2 Å². The summed E-state index contributed by atoms with van der Waals surface area (Å²) in [6.07, 6.45) is 0. The molecule has 0 bridgehead atoms. The van der Waals surface area contributed by atoms with Crippen LogP contribution in [0.25, 0.3) is 0 Å². The van der Waals surface area contributed by atoms with Gasteiger partial charge in [0.05, 0.1) is 24.9 Å². The van der Waals surface area contributed by atoms with Gasteiger partial charge < -0.3 is 14.7 Å². The Kier molecular flexibility index (Phi) is 5.31. The van der Waals surface area contributed by atoms with E-state index in [1.807, 2.05) is 6.92 Å². The van der Waals surface area contributed by atoms with Crippen LogP contribution in [-0.4, -0.2) is 41.4 Å². The van der Waals surface area contributed by atoms with Crippen LogP contribution in [0, 0.1) is 6.92 Å². The lowest BCUT2D eigenvalue weighted by Crippen LogP contribution is -2.37. The van der Waals surface area contributed by atoms with Crippen molar-refractivity contribution in [3.05, 3.63) is 17.5 Å². The molecule has 1 unspecified atom stereocenters. The summed E-state index contributed by atoms with van der Waals surface area (Å²) in [5, 5.41) is 9.15. The van der Waals surface area contributed by atoms with Crippen molar-refractivity contribution in [2.24, 2.45) is 0 Å². The van der Waals surface area contributed by atoms with Crippen LogP contribution < -0.4 is 4.90 Å². The summed E-state index contributed by atoms with van der Waals surface area (Å²) < 4.78 is 5.15. The summed E-state index contributed by atoms with van der Waals surface area (Å²) >= 11 is 0. The third-order valence-corrected chi connectivity index (χ3v) is 2.59. The highest BCUT2D eigenvalue weighted by Crippen LogP contribution is 2.13. The van der Waals surface area contributed by atoms with E-state index in [1.165, 1.54) is 0 Å². The Morgan fingerprint density at radius 1 is 1.47 bits per heavy atom. The fourth-order valence-electron chi connectivity index (χ4n) is 1.81. The maximum Gasteiger partial charge on any atom is 0.226 e. The van der Waals surface area contributed by atoms with Crippen molar-refractivity contribution in [3.63, 3.8) is 0 Å².